The number of nitrogens with zero attached hydrogens (tertiary/aromatic N) is 1. The Balaban J connectivity index is 0.00000225. The van der Waals surface area contributed by atoms with Crippen molar-refractivity contribution in [2.24, 2.45) is 5.73 Å². The van der Waals surface area contributed by atoms with Crippen LogP contribution >= 0.6 is 15.9 Å². The number of nitrogens with two attached hydrogens (primary N) is 1. The Morgan fingerprint density at radius 3 is 2.44 bits per heavy atom. The normalized spacial score (nSPS) is 21.0. The second kappa shape index (κ2) is 5.67. The fourth-order valence-electron chi connectivity index (χ4n) is 1.23. The number of halogens is 2. The molecule has 3 N–H and O–H groups in total. The summed E-state index contributed by atoms with van der Waals surface area (Å²) in [7, 11) is 1.33. The molecule has 0 saturated heterocycles. The summed E-state index contributed by atoms with van der Waals surface area (Å²) in [5.74, 6) is -0.897. The van der Waals surface area contributed by atoms with E-state index in [-0.39, 0.29) is 33.0 Å². The highest BCUT2D eigenvalue weighted by Gasteiger charge is 2.42. The van der Waals surface area contributed by atoms with Crippen LogP contribution in [0.2, 0.25) is 0 Å². The number of quaternary nitrogens is 1. The molecule has 0 spiro atoms. The predicted octanol–water partition coefficient (Wildman–Crippen LogP) is -4.42. The molecule has 0 bridgehead atoms. The average Bonchev–Trinajstić information content (AvgIpc) is 2.23. The lowest BCUT2D eigenvalue weighted by molar-refractivity contribution is -0.681. The molecule has 1 rings (SSSR count). The first kappa shape index (κ1) is 15.4. The minimum atomic E-state index is -0.618. The molecule has 1 unspecified atom stereocenters. The van der Waals surface area contributed by atoms with Crippen molar-refractivity contribution in [3.63, 3.8) is 0 Å². The van der Waals surface area contributed by atoms with Gasteiger partial charge in [-0.05, 0) is 6.92 Å². The second-order valence-corrected chi connectivity index (χ2v) is 3.90. The lowest BCUT2D eigenvalue weighted by atomic mass is 10.2. The van der Waals surface area contributed by atoms with Gasteiger partial charge >= 0.3 is 11.9 Å². The molecule has 0 aromatic rings. The molecule has 1 heterocycles. The van der Waals surface area contributed by atoms with Gasteiger partial charge in [0.1, 0.15) is 6.54 Å². The van der Waals surface area contributed by atoms with Crippen molar-refractivity contribution in [3.05, 3.63) is 10.2 Å². The summed E-state index contributed by atoms with van der Waals surface area (Å²) >= 11 is 3.07. The standard InChI is InChI=1S/C8H10BrN3O3.BrH/c1-4-6(9)12(5(13)3-10)8(15)11(2)7(4)14;/h3,10H2,1-2H3;1H. The van der Waals surface area contributed by atoms with Crippen LogP contribution in [0, 0.1) is 0 Å². The molecule has 16 heavy (non-hydrogen) atoms. The van der Waals surface area contributed by atoms with Crippen LogP contribution in [0.5, 0.6) is 0 Å². The van der Waals surface area contributed by atoms with Gasteiger partial charge in [-0.1, -0.05) is 0 Å². The molecule has 0 aromatic heterocycles. The number of nitrogens with one attached hydrogen (secondary N) is 1. The molecule has 1 aliphatic heterocycles. The number of rotatable bonds is 1. The number of hydrogen-bond acceptors (Lipinski definition) is 4. The van der Waals surface area contributed by atoms with Gasteiger partial charge in [0, 0.05) is 23.0 Å². The zero-order chi connectivity index (χ0) is 11.7. The maximum absolute atomic E-state index is 11.6. The Bertz CT molecular complexity index is 381. The Kier molecular flexibility index (Phi) is 5.47. The van der Waals surface area contributed by atoms with Crippen molar-refractivity contribution in [1.82, 2.24) is 4.90 Å². The molecule has 6 nitrogen and oxygen atoms in total. The van der Waals surface area contributed by atoms with E-state index in [1.807, 2.05) is 0 Å². The van der Waals surface area contributed by atoms with Crippen LogP contribution < -0.4 is 27.6 Å². The quantitative estimate of drug-likeness (QED) is 0.464. The number of hydrogen-bond donors (Lipinski definition) is 2. The summed E-state index contributed by atoms with van der Waals surface area (Å²) in [4.78, 5) is 35.3. The van der Waals surface area contributed by atoms with Crippen molar-refractivity contribution in [2.75, 3.05) is 13.6 Å². The summed E-state index contributed by atoms with van der Waals surface area (Å²) < 4.78 is 0.242. The summed E-state index contributed by atoms with van der Waals surface area (Å²) in [6, 6.07) is -0.618. The largest absolute Gasteiger partial charge is 1.00 e. The zero-order valence-corrected chi connectivity index (χ0v) is 11.9. The van der Waals surface area contributed by atoms with Crippen LogP contribution in [0.1, 0.15) is 6.92 Å². The number of likely N-dealkylation sites (N-methyl/N-ethyl adjacent to an activating group) is 1. The fourth-order valence-corrected chi connectivity index (χ4v) is 1.79. The van der Waals surface area contributed by atoms with Crippen LogP contribution in [0.25, 0.3) is 0 Å². The van der Waals surface area contributed by atoms with Crippen molar-refractivity contribution < 1.29 is 36.3 Å². The van der Waals surface area contributed by atoms with Crippen LogP contribution in [0.4, 0.5) is 4.79 Å². The average molecular weight is 357 g/mol. The van der Waals surface area contributed by atoms with E-state index in [0.29, 0.717) is 5.57 Å². The van der Waals surface area contributed by atoms with Gasteiger partial charge in [0.2, 0.25) is 0 Å². The summed E-state index contributed by atoms with van der Waals surface area (Å²) in [5, 5.41) is 0. The molecule has 0 aromatic carbocycles. The van der Waals surface area contributed by atoms with Gasteiger partial charge in [-0.15, -0.1) is 4.90 Å². The van der Waals surface area contributed by atoms with E-state index < -0.39 is 17.8 Å². The number of carbonyl (C=O) groups is 3. The van der Waals surface area contributed by atoms with Crippen molar-refractivity contribution in [2.45, 2.75) is 6.92 Å². The van der Waals surface area contributed by atoms with Crippen LogP contribution in [-0.4, -0.2) is 36.3 Å². The van der Waals surface area contributed by atoms with Crippen LogP contribution in [0.15, 0.2) is 10.2 Å². The first-order valence-corrected chi connectivity index (χ1v) is 5.00. The van der Waals surface area contributed by atoms with E-state index in [1.54, 1.807) is 6.92 Å². The molecule has 0 saturated carbocycles. The third-order valence-electron chi connectivity index (χ3n) is 2.16. The first-order valence-electron chi connectivity index (χ1n) is 4.21. The minimum absolute atomic E-state index is 0. The maximum Gasteiger partial charge on any atom is 0.437 e. The highest BCUT2D eigenvalue weighted by atomic mass is 79.9. The summed E-state index contributed by atoms with van der Waals surface area (Å²) in [6.45, 7) is 1.28. The highest BCUT2D eigenvalue weighted by Crippen LogP contribution is 2.12. The molecule has 0 radical (unpaired) electrons. The van der Waals surface area contributed by atoms with Gasteiger partial charge in [-0.25, -0.2) is 14.5 Å². The van der Waals surface area contributed by atoms with Gasteiger partial charge in [-0.3, -0.25) is 4.79 Å². The van der Waals surface area contributed by atoms with Gasteiger partial charge in [0.05, 0.1) is 5.57 Å². The molecule has 90 valence electrons. The number of imide groups is 2. The summed E-state index contributed by atoms with van der Waals surface area (Å²) in [6.07, 6.45) is 0. The minimum Gasteiger partial charge on any atom is -1.00 e. The van der Waals surface area contributed by atoms with E-state index in [2.05, 4.69) is 15.9 Å². The predicted molar refractivity (Wildman–Crippen MR) is 54.8 cm³/mol. The van der Waals surface area contributed by atoms with E-state index >= 15 is 0 Å². The highest BCUT2D eigenvalue weighted by molar-refractivity contribution is 9.11. The Morgan fingerprint density at radius 2 is 2.00 bits per heavy atom. The molecule has 0 fully saturated rings. The topological polar surface area (TPSA) is 84.9 Å². The SMILES string of the molecule is CC1=C(Br)[NH+](C(=O)CN)C(=O)N(C)C1=O.[Br-]. The van der Waals surface area contributed by atoms with Gasteiger partial charge < -0.3 is 22.7 Å². The second-order valence-electron chi connectivity index (χ2n) is 3.11. The Hall–Kier alpha value is -0.570. The Morgan fingerprint density at radius 1 is 1.50 bits per heavy atom. The van der Waals surface area contributed by atoms with E-state index in [4.69, 9.17) is 5.73 Å². The van der Waals surface area contributed by atoms with Crippen molar-refractivity contribution >= 4 is 33.8 Å². The van der Waals surface area contributed by atoms with Gasteiger partial charge in [0.15, 0.2) is 4.61 Å². The fraction of sp³-hybridized carbons (Fsp3) is 0.375. The molecular weight excluding hydrogens is 346 g/mol. The molecule has 4 amide bonds. The molecule has 1 atom stereocenters. The lowest BCUT2D eigenvalue weighted by Gasteiger charge is -2.24. The molecule has 1 aliphatic rings. The molecular formula is C8H11Br2N3O3. The van der Waals surface area contributed by atoms with Gasteiger partial charge in [0.25, 0.3) is 5.91 Å². The van der Waals surface area contributed by atoms with E-state index in [9.17, 15) is 14.4 Å². The van der Waals surface area contributed by atoms with E-state index in [0.717, 1.165) is 4.90 Å². The third kappa shape index (κ3) is 2.40. The third-order valence-corrected chi connectivity index (χ3v) is 3.15. The number of carbonyl (C=O) groups excluding carboxylic acids is 3. The Labute approximate surface area is 111 Å². The number of urea groups is 1. The monoisotopic (exact) mass is 355 g/mol. The number of amides is 4. The smallest absolute Gasteiger partial charge is 0.437 e. The summed E-state index contributed by atoms with van der Waals surface area (Å²) in [5.41, 5.74) is 5.51. The first-order chi connectivity index (χ1) is 6.91. The van der Waals surface area contributed by atoms with Gasteiger partial charge in [-0.2, -0.15) is 0 Å². The van der Waals surface area contributed by atoms with Crippen LogP contribution in [-0.2, 0) is 9.59 Å². The molecule has 8 heteroatoms. The van der Waals surface area contributed by atoms with Crippen molar-refractivity contribution in [3.8, 4) is 0 Å². The lowest BCUT2D eigenvalue weighted by Crippen LogP contribution is -3.18. The molecule has 0 aliphatic carbocycles. The van der Waals surface area contributed by atoms with E-state index in [1.165, 1.54) is 7.05 Å². The maximum atomic E-state index is 11.6. The van der Waals surface area contributed by atoms with Crippen LogP contribution in [0.3, 0.4) is 0 Å². The van der Waals surface area contributed by atoms with Crippen molar-refractivity contribution in [1.29, 1.82) is 0 Å². The zero-order valence-electron chi connectivity index (χ0n) is 8.71.